The molecule has 1 saturated heterocycles. The van der Waals surface area contributed by atoms with Gasteiger partial charge in [-0.3, -0.25) is 14.5 Å². The van der Waals surface area contributed by atoms with Gasteiger partial charge in [0.1, 0.15) is 12.0 Å². The molecule has 172 valence electrons. The van der Waals surface area contributed by atoms with Crippen molar-refractivity contribution < 1.29 is 19.1 Å². The Labute approximate surface area is 192 Å². The number of nitrogens with zero attached hydrogens (tertiary/aromatic N) is 3. The highest BCUT2D eigenvalue weighted by Crippen LogP contribution is 2.20. The molecule has 1 aromatic heterocycles. The first-order valence-corrected chi connectivity index (χ1v) is 10.8. The second kappa shape index (κ2) is 10.3. The van der Waals surface area contributed by atoms with Crippen LogP contribution in [0.1, 0.15) is 33.3 Å². The number of imidazole rings is 1. The minimum absolute atomic E-state index is 0.122. The van der Waals surface area contributed by atoms with Gasteiger partial charge in [-0.15, -0.1) is 0 Å². The van der Waals surface area contributed by atoms with Crippen LogP contribution in [0.4, 0.5) is 5.82 Å². The first-order valence-electron chi connectivity index (χ1n) is 10.8. The van der Waals surface area contributed by atoms with E-state index in [-0.39, 0.29) is 17.7 Å². The molecule has 3 N–H and O–H groups in total. The average Bonchev–Trinajstić information content (AvgIpc) is 3.22. The lowest BCUT2D eigenvalue weighted by Crippen LogP contribution is -2.44. The van der Waals surface area contributed by atoms with Crippen LogP contribution in [-0.2, 0) is 11.3 Å². The van der Waals surface area contributed by atoms with Crippen LogP contribution in [0.2, 0.25) is 0 Å². The average molecular weight is 450 g/mol. The minimum Gasteiger partial charge on any atom is -0.475 e. The number of anilines is 1. The summed E-state index contributed by atoms with van der Waals surface area (Å²) in [6.07, 6.45) is 1.34. The zero-order chi connectivity index (χ0) is 23.2. The molecule has 9 nitrogen and oxygen atoms in total. The largest absolute Gasteiger partial charge is 0.475 e. The number of nitrogens with one attached hydrogen (secondary N) is 1. The predicted molar refractivity (Wildman–Crippen MR) is 123 cm³/mol. The summed E-state index contributed by atoms with van der Waals surface area (Å²) in [5.74, 6) is -0.384. The third-order valence-electron chi connectivity index (χ3n) is 5.46. The van der Waals surface area contributed by atoms with Gasteiger partial charge in [0.2, 0.25) is 0 Å². The van der Waals surface area contributed by atoms with Gasteiger partial charge in [0.25, 0.3) is 11.8 Å². The molecule has 0 aliphatic carbocycles. The van der Waals surface area contributed by atoms with Gasteiger partial charge in [-0.05, 0) is 30.7 Å². The van der Waals surface area contributed by atoms with Crippen molar-refractivity contribution in [2.45, 2.75) is 19.7 Å². The van der Waals surface area contributed by atoms with Crippen molar-refractivity contribution >= 4 is 17.6 Å². The molecule has 9 heteroatoms. The summed E-state index contributed by atoms with van der Waals surface area (Å²) in [7, 11) is 0. The van der Waals surface area contributed by atoms with Crippen LogP contribution >= 0.6 is 0 Å². The fourth-order valence-corrected chi connectivity index (χ4v) is 3.73. The van der Waals surface area contributed by atoms with E-state index in [0.29, 0.717) is 31.1 Å². The van der Waals surface area contributed by atoms with Gasteiger partial charge in [-0.1, -0.05) is 36.4 Å². The molecule has 33 heavy (non-hydrogen) atoms. The summed E-state index contributed by atoms with van der Waals surface area (Å²) in [5, 5.41) is 2.70. The minimum atomic E-state index is -0.671. The number of carbonyl (C=O) groups excluding carboxylic acids is 2. The third-order valence-corrected chi connectivity index (χ3v) is 5.46. The van der Waals surface area contributed by atoms with Crippen molar-refractivity contribution in [2.24, 2.45) is 5.73 Å². The Morgan fingerprint density at radius 2 is 1.91 bits per heavy atom. The van der Waals surface area contributed by atoms with Gasteiger partial charge in [0.15, 0.2) is 11.5 Å². The number of ether oxygens (including phenoxy) is 2. The molecule has 2 heterocycles. The number of nitrogens with two attached hydrogens (primary N) is 1. The van der Waals surface area contributed by atoms with E-state index in [0.717, 1.165) is 18.7 Å². The number of hydrogen-bond acceptors (Lipinski definition) is 6. The lowest BCUT2D eigenvalue weighted by molar-refractivity contribution is -0.0373. The Morgan fingerprint density at radius 3 is 2.64 bits per heavy atom. The number of aromatic nitrogens is 2. The van der Waals surface area contributed by atoms with Gasteiger partial charge >= 0.3 is 0 Å². The van der Waals surface area contributed by atoms with Crippen LogP contribution in [0.3, 0.4) is 0 Å². The first-order chi connectivity index (χ1) is 16.0. The summed E-state index contributed by atoms with van der Waals surface area (Å²) < 4.78 is 13.0. The van der Waals surface area contributed by atoms with Crippen molar-refractivity contribution in [1.29, 1.82) is 0 Å². The van der Waals surface area contributed by atoms with E-state index in [2.05, 4.69) is 15.2 Å². The van der Waals surface area contributed by atoms with Crippen LogP contribution in [0.25, 0.3) is 0 Å². The van der Waals surface area contributed by atoms with Crippen LogP contribution in [0, 0.1) is 0 Å². The Balaban J connectivity index is 1.47. The molecule has 2 aromatic carbocycles. The second-order valence-electron chi connectivity index (χ2n) is 7.77. The monoisotopic (exact) mass is 449 g/mol. The molecule has 1 atom stereocenters. The molecule has 2 amide bonds. The topological polar surface area (TPSA) is 112 Å². The molecule has 1 aliphatic heterocycles. The Hall–Kier alpha value is -3.69. The maximum absolute atomic E-state index is 12.9. The second-order valence-corrected chi connectivity index (χ2v) is 7.77. The van der Waals surface area contributed by atoms with E-state index in [1.807, 2.05) is 37.3 Å². The summed E-state index contributed by atoms with van der Waals surface area (Å²) in [6, 6.07) is 16.5. The molecule has 3 aromatic rings. The molecule has 0 spiro atoms. The number of carbonyl (C=O) groups is 2. The highest BCUT2D eigenvalue weighted by molar-refractivity contribution is 6.07. The molecular formula is C24H27N5O4. The fraction of sp³-hybridized carbons (Fsp3) is 0.292. The highest BCUT2D eigenvalue weighted by Gasteiger charge is 2.21. The maximum atomic E-state index is 12.9. The molecule has 0 radical (unpaired) electrons. The zero-order valence-electron chi connectivity index (χ0n) is 18.4. The van der Waals surface area contributed by atoms with Crippen LogP contribution in [0.15, 0.2) is 60.9 Å². The summed E-state index contributed by atoms with van der Waals surface area (Å²) in [6.45, 7) is 5.32. The first kappa shape index (κ1) is 22.5. The van der Waals surface area contributed by atoms with Gasteiger partial charge in [-0.2, -0.15) is 0 Å². The quantitative estimate of drug-likeness (QED) is 0.546. The van der Waals surface area contributed by atoms with Crippen LogP contribution < -0.4 is 15.8 Å². The van der Waals surface area contributed by atoms with Crippen molar-refractivity contribution in [3.8, 4) is 5.75 Å². The number of rotatable bonds is 8. The number of benzene rings is 2. The predicted octanol–water partition coefficient (Wildman–Crippen LogP) is 2.34. The van der Waals surface area contributed by atoms with Gasteiger partial charge in [-0.25, -0.2) is 4.98 Å². The van der Waals surface area contributed by atoms with Crippen molar-refractivity contribution in [3.05, 3.63) is 77.7 Å². The van der Waals surface area contributed by atoms with E-state index >= 15 is 0 Å². The maximum Gasteiger partial charge on any atom is 0.269 e. The number of primary amides is 1. The fourth-order valence-electron chi connectivity index (χ4n) is 3.73. The summed E-state index contributed by atoms with van der Waals surface area (Å²) >= 11 is 0. The van der Waals surface area contributed by atoms with E-state index in [4.69, 9.17) is 15.2 Å². The molecule has 1 unspecified atom stereocenters. The summed E-state index contributed by atoms with van der Waals surface area (Å²) in [4.78, 5) is 31.4. The molecule has 4 rings (SSSR count). The highest BCUT2D eigenvalue weighted by atomic mass is 16.5. The third kappa shape index (κ3) is 5.57. The van der Waals surface area contributed by atoms with E-state index in [1.165, 1.54) is 6.33 Å². The molecule has 0 bridgehead atoms. The van der Waals surface area contributed by atoms with E-state index in [1.54, 1.807) is 28.8 Å². The lowest BCUT2D eigenvalue weighted by Gasteiger charge is -2.32. The number of hydrogen-bond donors (Lipinski definition) is 2. The zero-order valence-corrected chi connectivity index (χ0v) is 18.4. The molecule has 0 saturated carbocycles. The van der Waals surface area contributed by atoms with Gasteiger partial charge in [0, 0.05) is 25.2 Å². The Morgan fingerprint density at radius 1 is 1.15 bits per heavy atom. The SMILES string of the molecule is CC(Oc1cccc(C(=O)Nc2ncn(Cc3ccccc3)c2C(N)=O)c1)N1CCOCC1. The van der Waals surface area contributed by atoms with E-state index in [9.17, 15) is 9.59 Å². The molecule has 1 fully saturated rings. The summed E-state index contributed by atoms with van der Waals surface area (Å²) in [5.41, 5.74) is 7.10. The van der Waals surface area contributed by atoms with Crippen LogP contribution in [-0.4, -0.2) is 58.8 Å². The number of amides is 2. The van der Waals surface area contributed by atoms with Gasteiger partial charge in [0.05, 0.1) is 19.5 Å². The number of morpholine rings is 1. The standard InChI is InChI=1S/C24H27N5O4/c1-17(28-10-12-32-13-11-28)33-20-9-5-8-19(14-20)24(31)27-23-21(22(25)30)29(16-26-23)15-18-6-3-2-4-7-18/h2-9,14,16-17H,10-13,15H2,1H3,(H2,25,30)(H,27,31). The Bertz CT molecular complexity index is 1110. The van der Waals surface area contributed by atoms with Crippen molar-refractivity contribution in [2.75, 3.05) is 31.6 Å². The van der Waals surface area contributed by atoms with Crippen LogP contribution in [0.5, 0.6) is 5.75 Å². The van der Waals surface area contributed by atoms with Gasteiger partial charge < -0.3 is 25.1 Å². The van der Waals surface area contributed by atoms with Crippen molar-refractivity contribution in [3.63, 3.8) is 0 Å². The smallest absolute Gasteiger partial charge is 0.269 e. The van der Waals surface area contributed by atoms with E-state index < -0.39 is 11.8 Å². The molecule has 1 aliphatic rings. The normalized spacial score (nSPS) is 15.1. The Kier molecular flexibility index (Phi) is 7.01. The van der Waals surface area contributed by atoms with Crippen molar-refractivity contribution in [1.82, 2.24) is 14.5 Å². The lowest BCUT2D eigenvalue weighted by atomic mass is 10.2. The molecular weight excluding hydrogens is 422 g/mol.